The van der Waals surface area contributed by atoms with Gasteiger partial charge >= 0.3 is 0 Å². The fraction of sp³-hybridized carbons (Fsp3) is 0.0400. The van der Waals surface area contributed by atoms with Crippen molar-refractivity contribution in [3.05, 3.63) is 102 Å². The van der Waals surface area contributed by atoms with E-state index in [1.54, 1.807) is 0 Å². The van der Waals surface area contributed by atoms with Crippen molar-refractivity contribution in [1.82, 2.24) is 14.4 Å². The Bertz CT molecular complexity index is 1300. The number of aryl methyl sites for hydroxylation is 1. The number of imidazole rings is 1. The maximum atomic E-state index is 4.94. The van der Waals surface area contributed by atoms with Gasteiger partial charge in [0.05, 0.1) is 16.7 Å². The van der Waals surface area contributed by atoms with Crippen LogP contribution in [0, 0.1) is 6.92 Å². The largest absolute Gasteiger partial charge is 0.296 e. The monoisotopic (exact) mass is 361 g/mol. The van der Waals surface area contributed by atoms with Gasteiger partial charge in [-0.2, -0.15) is 0 Å². The van der Waals surface area contributed by atoms with Crippen molar-refractivity contribution in [2.45, 2.75) is 6.92 Å². The van der Waals surface area contributed by atoms with Crippen molar-refractivity contribution < 1.29 is 0 Å². The van der Waals surface area contributed by atoms with E-state index in [9.17, 15) is 0 Å². The van der Waals surface area contributed by atoms with Crippen molar-refractivity contribution in [2.75, 3.05) is 0 Å². The average molecular weight is 361 g/mol. The summed E-state index contributed by atoms with van der Waals surface area (Å²) in [5.74, 6) is 0. The molecule has 0 unspecified atom stereocenters. The van der Waals surface area contributed by atoms with Gasteiger partial charge in [-0.3, -0.25) is 4.40 Å². The molecule has 0 aliphatic heterocycles. The second-order valence-electron chi connectivity index (χ2n) is 6.92. The summed E-state index contributed by atoms with van der Waals surface area (Å²) in [6.45, 7) is 2.10. The standard InChI is InChI=1S/C25H19N3/c1-18-11-14-20(15-12-18)23-17-28-24-10-6-5-9-21(24)27-25(28)22(26-23)16-13-19-7-3-2-4-8-19/h2-17H,1H3/b16-13+. The predicted molar refractivity (Wildman–Crippen MR) is 116 cm³/mol. The molecule has 2 heterocycles. The molecule has 3 aromatic carbocycles. The third-order valence-corrected chi connectivity index (χ3v) is 4.90. The summed E-state index contributed by atoms with van der Waals surface area (Å²) in [6, 6.07) is 26.9. The molecule has 0 spiro atoms. The van der Waals surface area contributed by atoms with E-state index in [4.69, 9.17) is 9.97 Å². The molecule has 3 heteroatoms. The first-order valence-electron chi connectivity index (χ1n) is 9.36. The molecule has 3 nitrogen and oxygen atoms in total. The van der Waals surface area contributed by atoms with Crippen LogP contribution < -0.4 is 0 Å². The molecule has 5 aromatic rings. The normalized spacial score (nSPS) is 11.6. The molecule has 0 N–H and O–H groups in total. The maximum Gasteiger partial charge on any atom is 0.164 e. The van der Waals surface area contributed by atoms with E-state index in [-0.39, 0.29) is 0 Å². The minimum absolute atomic E-state index is 0.859. The second kappa shape index (κ2) is 6.78. The van der Waals surface area contributed by atoms with E-state index in [0.717, 1.165) is 39.2 Å². The van der Waals surface area contributed by atoms with Crippen LogP contribution in [0.2, 0.25) is 0 Å². The summed E-state index contributed by atoms with van der Waals surface area (Å²) in [5.41, 5.74) is 8.19. The van der Waals surface area contributed by atoms with Crippen LogP contribution in [0.1, 0.15) is 16.8 Å². The third kappa shape index (κ3) is 2.97. The molecular weight excluding hydrogens is 342 g/mol. The second-order valence-corrected chi connectivity index (χ2v) is 6.92. The van der Waals surface area contributed by atoms with Crippen molar-refractivity contribution in [3.8, 4) is 11.3 Å². The van der Waals surface area contributed by atoms with Crippen LogP contribution in [-0.2, 0) is 0 Å². The third-order valence-electron chi connectivity index (χ3n) is 4.90. The van der Waals surface area contributed by atoms with Crippen LogP contribution in [0.25, 0.3) is 40.1 Å². The smallest absolute Gasteiger partial charge is 0.164 e. The average Bonchev–Trinajstić information content (AvgIpc) is 3.12. The molecule has 0 radical (unpaired) electrons. The first-order chi connectivity index (χ1) is 13.8. The Hall–Kier alpha value is -3.72. The SMILES string of the molecule is Cc1ccc(-c2cn3c(nc4ccccc43)c(/C=C/c3ccccc3)n2)cc1. The summed E-state index contributed by atoms with van der Waals surface area (Å²) >= 11 is 0. The lowest BCUT2D eigenvalue weighted by Crippen LogP contribution is -1.96. The van der Waals surface area contributed by atoms with Crippen LogP contribution >= 0.6 is 0 Å². The van der Waals surface area contributed by atoms with Crippen LogP contribution in [0.5, 0.6) is 0 Å². The predicted octanol–water partition coefficient (Wildman–Crippen LogP) is 6.03. The number of nitrogens with zero attached hydrogens (tertiary/aromatic N) is 3. The van der Waals surface area contributed by atoms with E-state index in [2.05, 4.69) is 66.1 Å². The maximum absolute atomic E-state index is 4.94. The highest BCUT2D eigenvalue weighted by Crippen LogP contribution is 2.25. The zero-order chi connectivity index (χ0) is 18.9. The number of benzene rings is 3. The Morgan fingerprint density at radius 3 is 2.32 bits per heavy atom. The minimum Gasteiger partial charge on any atom is -0.296 e. The van der Waals surface area contributed by atoms with E-state index in [1.165, 1.54) is 5.56 Å². The highest BCUT2D eigenvalue weighted by Gasteiger charge is 2.11. The Labute approximate surface area is 163 Å². The van der Waals surface area contributed by atoms with Crippen LogP contribution in [0.4, 0.5) is 0 Å². The van der Waals surface area contributed by atoms with Gasteiger partial charge in [-0.1, -0.05) is 78.4 Å². The van der Waals surface area contributed by atoms with Gasteiger partial charge in [0.15, 0.2) is 5.65 Å². The molecule has 0 saturated heterocycles. The molecule has 134 valence electrons. The molecule has 2 aromatic heterocycles. The van der Waals surface area contributed by atoms with Gasteiger partial charge in [-0.05, 0) is 30.7 Å². The van der Waals surface area contributed by atoms with Crippen molar-refractivity contribution in [3.63, 3.8) is 0 Å². The lowest BCUT2D eigenvalue weighted by atomic mass is 10.1. The zero-order valence-electron chi connectivity index (χ0n) is 15.6. The molecular formula is C25H19N3. The molecule has 0 aliphatic rings. The van der Waals surface area contributed by atoms with E-state index < -0.39 is 0 Å². The summed E-state index contributed by atoms with van der Waals surface area (Å²) in [5, 5.41) is 0. The van der Waals surface area contributed by atoms with Crippen LogP contribution in [0.3, 0.4) is 0 Å². The van der Waals surface area contributed by atoms with Crippen LogP contribution in [0.15, 0.2) is 85.1 Å². The first kappa shape index (κ1) is 16.5. The number of para-hydroxylation sites is 2. The number of aromatic nitrogens is 3. The highest BCUT2D eigenvalue weighted by molar-refractivity contribution is 5.85. The first-order valence-corrected chi connectivity index (χ1v) is 9.36. The fourth-order valence-corrected chi connectivity index (χ4v) is 3.40. The van der Waals surface area contributed by atoms with E-state index in [0.29, 0.717) is 0 Å². The van der Waals surface area contributed by atoms with Crippen LogP contribution in [-0.4, -0.2) is 14.4 Å². The van der Waals surface area contributed by atoms with Crippen molar-refractivity contribution >= 4 is 28.8 Å². The molecule has 5 rings (SSSR count). The lowest BCUT2D eigenvalue weighted by molar-refractivity contribution is 1.14. The molecule has 0 amide bonds. The fourth-order valence-electron chi connectivity index (χ4n) is 3.40. The quantitative estimate of drug-likeness (QED) is 0.393. The van der Waals surface area contributed by atoms with E-state index in [1.807, 2.05) is 42.5 Å². The van der Waals surface area contributed by atoms with Gasteiger partial charge in [-0.25, -0.2) is 9.97 Å². The van der Waals surface area contributed by atoms with Gasteiger partial charge in [0.2, 0.25) is 0 Å². The minimum atomic E-state index is 0.859. The summed E-state index contributed by atoms with van der Waals surface area (Å²) in [4.78, 5) is 9.77. The number of hydrogen-bond donors (Lipinski definition) is 0. The van der Waals surface area contributed by atoms with Gasteiger partial charge in [0.25, 0.3) is 0 Å². The van der Waals surface area contributed by atoms with Crippen molar-refractivity contribution in [2.24, 2.45) is 0 Å². The number of hydrogen-bond acceptors (Lipinski definition) is 2. The Kier molecular flexibility index (Phi) is 3.99. The Morgan fingerprint density at radius 1 is 0.750 bits per heavy atom. The molecule has 0 atom stereocenters. The van der Waals surface area contributed by atoms with Gasteiger partial charge in [0.1, 0.15) is 5.69 Å². The molecule has 0 fully saturated rings. The molecule has 0 aliphatic carbocycles. The van der Waals surface area contributed by atoms with Gasteiger partial charge in [-0.15, -0.1) is 0 Å². The van der Waals surface area contributed by atoms with Gasteiger partial charge in [0, 0.05) is 11.8 Å². The van der Waals surface area contributed by atoms with Gasteiger partial charge < -0.3 is 0 Å². The lowest BCUT2D eigenvalue weighted by Gasteiger charge is -2.06. The molecule has 0 saturated carbocycles. The Morgan fingerprint density at radius 2 is 1.50 bits per heavy atom. The zero-order valence-corrected chi connectivity index (χ0v) is 15.6. The molecule has 0 bridgehead atoms. The molecule has 28 heavy (non-hydrogen) atoms. The summed E-state index contributed by atoms with van der Waals surface area (Å²) in [7, 11) is 0. The summed E-state index contributed by atoms with van der Waals surface area (Å²) < 4.78 is 2.14. The Balaban J connectivity index is 1.74. The van der Waals surface area contributed by atoms with E-state index >= 15 is 0 Å². The number of fused-ring (bicyclic) bond motifs is 3. The highest BCUT2D eigenvalue weighted by atomic mass is 15.0. The summed E-state index contributed by atoms with van der Waals surface area (Å²) in [6.07, 6.45) is 6.21. The topological polar surface area (TPSA) is 30.2 Å². The van der Waals surface area contributed by atoms with Crippen molar-refractivity contribution in [1.29, 1.82) is 0 Å². The number of rotatable bonds is 3.